The number of benzene rings is 1. The first-order valence-corrected chi connectivity index (χ1v) is 5.89. The van der Waals surface area contributed by atoms with E-state index in [-0.39, 0.29) is 5.56 Å². The van der Waals surface area contributed by atoms with Gasteiger partial charge in [0.1, 0.15) is 3.57 Å². The van der Waals surface area contributed by atoms with Gasteiger partial charge in [0.05, 0.1) is 17.0 Å². The first-order valence-electron chi connectivity index (χ1n) is 4.43. The van der Waals surface area contributed by atoms with Crippen LogP contribution in [0.1, 0.15) is 0 Å². The number of aromatic nitrogens is 2. The molecule has 0 amide bonds. The molecule has 82 valence electrons. The van der Waals surface area contributed by atoms with E-state index < -0.39 is 0 Å². The number of para-hydroxylation sites is 1. The Morgan fingerprint density at radius 1 is 1.38 bits per heavy atom. The lowest BCUT2D eigenvalue weighted by atomic mass is 10.3. The average molecular weight is 348 g/mol. The lowest BCUT2D eigenvalue weighted by Crippen LogP contribution is -2.12. The van der Waals surface area contributed by atoms with E-state index in [1.807, 2.05) is 40.8 Å². The van der Waals surface area contributed by atoms with Gasteiger partial charge in [0.2, 0.25) is 0 Å². The molecule has 0 saturated carbocycles. The fourth-order valence-electron chi connectivity index (χ4n) is 1.16. The lowest BCUT2D eigenvalue weighted by Gasteiger charge is -2.07. The topological polar surface area (TPSA) is 57.8 Å². The van der Waals surface area contributed by atoms with Crippen LogP contribution in [0.25, 0.3) is 0 Å². The predicted molar refractivity (Wildman–Crippen MR) is 72.3 cm³/mol. The van der Waals surface area contributed by atoms with E-state index in [4.69, 9.17) is 11.6 Å². The molecule has 2 N–H and O–H groups in total. The first kappa shape index (κ1) is 11.4. The molecule has 4 nitrogen and oxygen atoms in total. The first-order chi connectivity index (χ1) is 7.68. The minimum absolute atomic E-state index is 0.176. The molecule has 6 heteroatoms. The molecule has 0 aliphatic rings. The highest BCUT2D eigenvalue weighted by molar-refractivity contribution is 14.1. The van der Waals surface area contributed by atoms with Crippen LogP contribution in [0.4, 0.5) is 11.5 Å². The number of nitrogens with one attached hydrogen (secondary N) is 2. The second-order valence-corrected chi connectivity index (χ2v) is 4.49. The van der Waals surface area contributed by atoms with Gasteiger partial charge in [-0.25, -0.2) is 4.98 Å². The van der Waals surface area contributed by atoms with Crippen LogP contribution in [-0.2, 0) is 0 Å². The Morgan fingerprint density at radius 3 is 2.88 bits per heavy atom. The number of anilines is 2. The maximum Gasteiger partial charge on any atom is 0.266 e. The normalized spacial score (nSPS) is 10.1. The summed E-state index contributed by atoms with van der Waals surface area (Å²) in [6, 6.07) is 7.28. The van der Waals surface area contributed by atoms with Gasteiger partial charge in [-0.2, -0.15) is 0 Å². The molecule has 2 aromatic rings. The molecule has 1 heterocycles. The molecule has 16 heavy (non-hydrogen) atoms. The highest BCUT2D eigenvalue weighted by atomic mass is 127. The summed E-state index contributed by atoms with van der Waals surface area (Å²) < 4.78 is 0.500. The Kier molecular flexibility index (Phi) is 3.45. The van der Waals surface area contributed by atoms with E-state index >= 15 is 0 Å². The maximum absolute atomic E-state index is 11.3. The third kappa shape index (κ3) is 2.35. The summed E-state index contributed by atoms with van der Waals surface area (Å²) in [6.07, 6.45) is 1.35. The van der Waals surface area contributed by atoms with Gasteiger partial charge in [0, 0.05) is 0 Å². The molecular formula is C10H7ClIN3O. The van der Waals surface area contributed by atoms with Crippen molar-refractivity contribution in [1.29, 1.82) is 0 Å². The van der Waals surface area contributed by atoms with Crippen LogP contribution in [0.3, 0.4) is 0 Å². The van der Waals surface area contributed by atoms with Crippen molar-refractivity contribution in [1.82, 2.24) is 9.97 Å². The highest BCUT2D eigenvalue weighted by Gasteiger charge is 2.06. The van der Waals surface area contributed by atoms with Gasteiger partial charge in [0.15, 0.2) is 5.82 Å². The number of hydrogen-bond acceptors (Lipinski definition) is 3. The Morgan fingerprint density at radius 2 is 2.12 bits per heavy atom. The van der Waals surface area contributed by atoms with Crippen LogP contribution in [-0.4, -0.2) is 9.97 Å². The number of nitrogens with zero attached hydrogens (tertiary/aromatic N) is 1. The monoisotopic (exact) mass is 347 g/mol. The summed E-state index contributed by atoms with van der Waals surface area (Å²) >= 11 is 7.92. The van der Waals surface area contributed by atoms with Crippen molar-refractivity contribution in [3.05, 3.63) is 49.5 Å². The number of H-pyrrole nitrogens is 1. The minimum Gasteiger partial charge on any atom is -0.338 e. The Hall–Kier alpha value is -1.08. The second-order valence-electron chi connectivity index (χ2n) is 3.00. The van der Waals surface area contributed by atoms with Crippen LogP contribution < -0.4 is 10.9 Å². The number of halogens is 2. The van der Waals surface area contributed by atoms with Gasteiger partial charge in [-0.05, 0) is 34.7 Å². The van der Waals surface area contributed by atoms with Gasteiger partial charge in [-0.3, -0.25) is 4.79 Å². The molecule has 0 aliphatic heterocycles. The second kappa shape index (κ2) is 4.84. The zero-order valence-corrected chi connectivity index (χ0v) is 10.9. The SMILES string of the molecule is O=c1[nH]cnc(Nc2ccccc2Cl)c1I. The van der Waals surface area contributed by atoms with Crippen LogP contribution in [0.5, 0.6) is 0 Å². The zero-order chi connectivity index (χ0) is 11.5. The summed E-state index contributed by atoms with van der Waals surface area (Å²) in [4.78, 5) is 17.9. The summed E-state index contributed by atoms with van der Waals surface area (Å²) in [5.74, 6) is 0.498. The smallest absolute Gasteiger partial charge is 0.266 e. The van der Waals surface area contributed by atoms with Crippen molar-refractivity contribution in [3.8, 4) is 0 Å². The van der Waals surface area contributed by atoms with E-state index in [0.29, 0.717) is 14.4 Å². The van der Waals surface area contributed by atoms with Gasteiger partial charge < -0.3 is 10.3 Å². The molecular weight excluding hydrogens is 340 g/mol. The summed E-state index contributed by atoms with van der Waals surface area (Å²) in [5, 5.41) is 3.59. The van der Waals surface area contributed by atoms with Gasteiger partial charge in [0.25, 0.3) is 5.56 Å². The van der Waals surface area contributed by atoms with Gasteiger partial charge in [-0.15, -0.1) is 0 Å². The van der Waals surface area contributed by atoms with Crippen molar-refractivity contribution in [3.63, 3.8) is 0 Å². The molecule has 0 saturated heterocycles. The molecule has 0 radical (unpaired) electrons. The fraction of sp³-hybridized carbons (Fsp3) is 0. The zero-order valence-electron chi connectivity index (χ0n) is 8.00. The molecule has 0 fully saturated rings. The van der Waals surface area contributed by atoms with E-state index in [1.165, 1.54) is 6.33 Å². The molecule has 0 aliphatic carbocycles. The van der Waals surface area contributed by atoms with Crippen LogP contribution in [0.15, 0.2) is 35.4 Å². The molecule has 0 spiro atoms. The lowest BCUT2D eigenvalue weighted by molar-refractivity contribution is 1.10. The van der Waals surface area contributed by atoms with E-state index in [1.54, 1.807) is 6.07 Å². The molecule has 0 atom stereocenters. The maximum atomic E-state index is 11.3. The molecule has 1 aromatic carbocycles. The van der Waals surface area contributed by atoms with Crippen LogP contribution in [0.2, 0.25) is 5.02 Å². The Labute approximate surface area is 110 Å². The fourth-order valence-corrected chi connectivity index (χ4v) is 1.77. The Bertz CT molecular complexity index is 570. The molecule has 1 aromatic heterocycles. The standard InChI is InChI=1S/C10H7ClIN3O/c11-6-3-1-2-4-7(6)15-9-8(12)10(16)14-5-13-9/h1-5H,(H2,13,14,15,16). The van der Waals surface area contributed by atoms with Crippen molar-refractivity contribution < 1.29 is 0 Å². The predicted octanol–water partition coefficient (Wildman–Crippen LogP) is 2.77. The van der Waals surface area contributed by atoms with E-state index in [9.17, 15) is 4.79 Å². The highest BCUT2D eigenvalue weighted by Crippen LogP contribution is 2.24. The van der Waals surface area contributed by atoms with E-state index in [0.717, 1.165) is 5.69 Å². The molecule has 0 bridgehead atoms. The molecule has 0 unspecified atom stereocenters. The van der Waals surface area contributed by atoms with Crippen molar-refractivity contribution in [2.24, 2.45) is 0 Å². The van der Waals surface area contributed by atoms with Crippen molar-refractivity contribution >= 4 is 45.7 Å². The quantitative estimate of drug-likeness (QED) is 0.821. The number of aromatic amines is 1. The van der Waals surface area contributed by atoms with Crippen LogP contribution >= 0.6 is 34.2 Å². The Balaban J connectivity index is 2.38. The third-order valence-electron chi connectivity index (χ3n) is 1.92. The number of hydrogen-bond donors (Lipinski definition) is 2. The summed E-state index contributed by atoms with van der Waals surface area (Å²) in [7, 11) is 0. The van der Waals surface area contributed by atoms with Gasteiger partial charge >= 0.3 is 0 Å². The summed E-state index contributed by atoms with van der Waals surface area (Å²) in [6.45, 7) is 0. The molecule has 2 rings (SSSR count). The van der Waals surface area contributed by atoms with Crippen LogP contribution in [0, 0.1) is 3.57 Å². The third-order valence-corrected chi connectivity index (χ3v) is 3.25. The van der Waals surface area contributed by atoms with Crippen molar-refractivity contribution in [2.75, 3.05) is 5.32 Å². The van der Waals surface area contributed by atoms with Crippen molar-refractivity contribution in [2.45, 2.75) is 0 Å². The summed E-state index contributed by atoms with van der Waals surface area (Å²) in [5.41, 5.74) is 0.547. The van der Waals surface area contributed by atoms with Gasteiger partial charge in [-0.1, -0.05) is 23.7 Å². The average Bonchev–Trinajstić information content (AvgIpc) is 2.28. The van der Waals surface area contributed by atoms with E-state index in [2.05, 4.69) is 15.3 Å². The minimum atomic E-state index is -0.176. The largest absolute Gasteiger partial charge is 0.338 e. The number of rotatable bonds is 2.